The van der Waals surface area contributed by atoms with Crippen LogP contribution in [0, 0.1) is 5.92 Å². The first-order valence-corrected chi connectivity index (χ1v) is 7.32. The second kappa shape index (κ2) is 6.31. The standard InChI is InChI=1S/C17H23F3O2/c1-6-11-7-8-12(13(9-11)16(3,4)5)14(15(21)22)10(2)17(18,19)20/h7-10,14H,6H2,1-5H3,(H,21,22)/t10-,14+/m1/s1. The lowest BCUT2D eigenvalue weighted by Crippen LogP contribution is -2.33. The van der Waals surface area contributed by atoms with Crippen molar-refractivity contribution in [1.82, 2.24) is 0 Å². The molecule has 1 N–H and O–H groups in total. The van der Waals surface area contributed by atoms with Gasteiger partial charge >= 0.3 is 12.1 Å². The second-order valence-corrected chi connectivity index (χ2v) is 6.67. The summed E-state index contributed by atoms with van der Waals surface area (Å²) in [5.74, 6) is -4.99. The van der Waals surface area contributed by atoms with Gasteiger partial charge in [-0.1, -0.05) is 52.8 Å². The molecule has 1 aromatic carbocycles. The van der Waals surface area contributed by atoms with E-state index in [-0.39, 0.29) is 5.56 Å². The number of alkyl halides is 3. The fourth-order valence-corrected chi connectivity index (χ4v) is 2.55. The van der Waals surface area contributed by atoms with Crippen molar-refractivity contribution in [3.05, 3.63) is 34.9 Å². The molecule has 0 aliphatic rings. The van der Waals surface area contributed by atoms with Crippen LogP contribution >= 0.6 is 0 Å². The number of aliphatic carboxylic acids is 1. The summed E-state index contributed by atoms with van der Waals surface area (Å²) in [6, 6.07) is 5.08. The minimum absolute atomic E-state index is 0.252. The minimum atomic E-state index is -4.55. The van der Waals surface area contributed by atoms with Crippen LogP contribution in [-0.4, -0.2) is 17.3 Å². The van der Waals surface area contributed by atoms with Gasteiger partial charge in [-0.25, -0.2) is 0 Å². The predicted molar refractivity (Wildman–Crippen MR) is 80.1 cm³/mol. The van der Waals surface area contributed by atoms with E-state index in [1.807, 2.05) is 33.8 Å². The third-order valence-corrected chi connectivity index (χ3v) is 3.95. The predicted octanol–water partition coefficient (Wildman–Crippen LogP) is 4.91. The van der Waals surface area contributed by atoms with Crippen LogP contribution in [0.5, 0.6) is 0 Å². The molecule has 0 heterocycles. The number of carboxylic acids is 1. The van der Waals surface area contributed by atoms with E-state index in [0.717, 1.165) is 18.9 Å². The summed E-state index contributed by atoms with van der Waals surface area (Å²) in [6.07, 6.45) is -3.81. The van der Waals surface area contributed by atoms with Crippen LogP contribution < -0.4 is 0 Å². The first-order valence-electron chi connectivity index (χ1n) is 7.32. The van der Waals surface area contributed by atoms with Gasteiger partial charge in [-0.15, -0.1) is 0 Å². The van der Waals surface area contributed by atoms with Crippen molar-refractivity contribution in [3.8, 4) is 0 Å². The molecule has 1 aromatic rings. The Morgan fingerprint density at radius 3 is 2.14 bits per heavy atom. The van der Waals surface area contributed by atoms with Crippen molar-refractivity contribution >= 4 is 5.97 Å². The first-order chi connectivity index (χ1) is 9.89. The Labute approximate surface area is 129 Å². The van der Waals surface area contributed by atoms with Gasteiger partial charge < -0.3 is 5.11 Å². The number of aryl methyl sites for hydroxylation is 1. The van der Waals surface area contributed by atoms with E-state index in [9.17, 15) is 23.1 Å². The molecule has 2 atom stereocenters. The van der Waals surface area contributed by atoms with Crippen LogP contribution in [0.1, 0.15) is 57.2 Å². The van der Waals surface area contributed by atoms with Crippen LogP contribution in [-0.2, 0) is 16.6 Å². The van der Waals surface area contributed by atoms with E-state index in [4.69, 9.17) is 0 Å². The van der Waals surface area contributed by atoms with Crippen molar-refractivity contribution in [2.24, 2.45) is 5.92 Å². The van der Waals surface area contributed by atoms with Crippen molar-refractivity contribution in [2.45, 2.75) is 58.5 Å². The van der Waals surface area contributed by atoms with E-state index in [1.165, 1.54) is 0 Å². The van der Waals surface area contributed by atoms with E-state index < -0.39 is 29.4 Å². The van der Waals surface area contributed by atoms with E-state index in [2.05, 4.69) is 0 Å². The molecule has 22 heavy (non-hydrogen) atoms. The Bertz CT molecular complexity index is 542. The number of benzene rings is 1. The summed E-state index contributed by atoms with van der Waals surface area (Å²) < 4.78 is 39.2. The fourth-order valence-electron chi connectivity index (χ4n) is 2.55. The maximum absolute atomic E-state index is 13.1. The van der Waals surface area contributed by atoms with Crippen molar-refractivity contribution in [2.75, 3.05) is 0 Å². The van der Waals surface area contributed by atoms with Crippen molar-refractivity contribution < 1.29 is 23.1 Å². The van der Waals surface area contributed by atoms with Gasteiger partial charge in [0.1, 0.15) is 0 Å². The van der Waals surface area contributed by atoms with Crippen LogP contribution in [0.25, 0.3) is 0 Å². The number of hydrogen-bond acceptors (Lipinski definition) is 1. The molecular formula is C17H23F3O2. The molecule has 1 rings (SSSR count). The van der Waals surface area contributed by atoms with Gasteiger partial charge in [-0.05, 0) is 28.5 Å². The minimum Gasteiger partial charge on any atom is -0.481 e. The average Bonchev–Trinajstić information content (AvgIpc) is 2.36. The number of halogens is 3. The lowest BCUT2D eigenvalue weighted by Gasteiger charge is -2.30. The molecule has 0 unspecified atom stereocenters. The zero-order valence-electron chi connectivity index (χ0n) is 13.6. The summed E-state index contributed by atoms with van der Waals surface area (Å²) in [7, 11) is 0. The van der Waals surface area contributed by atoms with Gasteiger partial charge in [0.15, 0.2) is 0 Å². The molecule has 0 spiro atoms. The van der Waals surface area contributed by atoms with Crippen LogP contribution in [0.4, 0.5) is 13.2 Å². The maximum Gasteiger partial charge on any atom is 0.392 e. The summed E-state index contributed by atoms with van der Waals surface area (Å²) in [6.45, 7) is 8.51. The Morgan fingerprint density at radius 2 is 1.77 bits per heavy atom. The second-order valence-electron chi connectivity index (χ2n) is 6.67. The van der Waals surface area contributed by atoms with Crippen LogP contribution in [0.2, 0.25) is 0 Å². The van der Waals surface area contributed by atoms with E-state index in [1.54, 1.807) is 12.1 Å². The summed E-state index contributed by atoms with van der Waals surface area (Å²) in [5.41, 5.74) is 1.47. The summed E-state index contributed by atoms with van der Waals surface area (Å²) in [5, 5.41) is 9.38. The first kappa shape index (κ1) is 18.5. The van der Waals surface area contributed by atoms with Gasteiger partial charge in [0.2, 0.25) is 0 Å². The fraction of sp³-hybridized carbons (Fsp3) is 0.588. The van der Waals surface area contributed by atoms with Gasteiger partial charge in [0.05, 0.1) is 11.8 Å². The lowest BCUT2D eigenvalue weighted by atomic mass is 9.75. The highest BCUT2D eigenvalue weighted by molar-refractivity contribution is 5.77. The third kappa shape index (κ3) is 4.02. The molecule has 0 amide bonds. The van der Waals surface area contributed by atoms with Gasteiger partial charge in [0, 0.05) is 0 Å². The Kier molecular flexibility index (Phi) is 5.31. The molecule has 0 aliphatic heterocycles. The highest BCUT2D eigenvalue weighted by Crippen LogP contribution is 2.41. The summed E-state index contributed by atoms with van der Waals surface area (Å²) in [4.78, 5) is 11.5. The van der Waals surface area contributed by atoms with Gasteiger partial charge in [-0.2, -0.15) is 13.2 Å². The van der Waals surface area contributed by atoms with E-state index in [0.29, 0.717) is 5.56 Å². The number of rotatable bonds is 4. The van der Waals surface area contributed by atoms with Crippen LogP contribution in [0.15, 0.2) is 18.2 Å². The Balaban J connectivity index is 3.53. The largest absolute Gasteiger partial charge is 0.481 e. The molecule has 0 saturated heterocycles. The maximum atomic E-state index is 13.1. The average molecular weight is 316 g/mol. The number of carboxylic acid groups (broad SMARTS) is 1. The molecule has 0 radical (unpaired) electrons. The lowest BCUT2D eigenvalue weighted by molar-refractivity contribution is -0.183. The number of hydrogen-bond donors (Lipinski definition) is 1. The van der Waals surface area contributed by atoms with Crippen molar-refractivity contribution in [1.29, 1.82) is 0 Å². The SMILES string of the molecule is CCc1ccc([C@@H](C(=O)O)[C@@H](C)C(F)(F)F)c(C(C)(C)C)c1. The summed E-state index contributed by atoms with van der Waals surface area (Å²) >= 11 is 0. The molecule has 0 bridgehead atoms. The number of carbonyl (C=O) groups is 1. The van der Waals surface area contributed by atoms with Crippen molar-refractivity contribution in [3.63, 3.8) is 0 Å². The van der Waals surface area contributed by atoms with Crippen LogP contribution in [0.3, 0.4) is 0 Å². The molecule has 124 valence electrons. The molecule has 0 fully saturated rings. The quantitative estimate of drug-likeness (QED) is 0.856. The molecule has 2 nitrogen and oxygen atoms in total. The molecular weight excluding hydrogens is 293 g/mol. The van der Waals surface area contributed by atoms with Gasteiger partial charge in [0.25, 0.3) is 0 Å². The normalized spacial score (nSPS) is 15.5. The van der Waals surface area contributed by atoms with Gasteiger partial charge in [-0.3, -0.25) is 4.79 Å². The Hall–Kier alpha value is -1.52. The molecule has 0 aromatic heterocycles. The zero-order chi connectivity index (χ0) is 17.3. The molecule has 5 heteroatoms. The highest BCUT2D eigenvalue weighted by atomic mass is 19.4. The molecule has 0 aliphatic carbocycles. The monoisotopic (exact) mass is 316 g/mol. The highest BCUT2D eigenvalue weighted by Gasteiger charge is 2.46. The third-order valence-electron chi connectivity index (χ3n) is 3.95. The molecule has 0 saturated carbocycles. The smallest absolute Gasteiger partial charge is 0.392 e. The van der Waals surface area contributed by atoms with E-state index >= 15 is 0 Å². The topological polar surface area (TPSA) is 37.3 Å². The zero-order valence-corrected chi connectivity index (χ0v) is 13.6. The Morgan fingerprint density at radius 1 is 1.23 bits per heavy atom.